The van der Waals surface area contributed by atoms with Gasteiger partial charge in [-0.15, -0.1) is 0 Å². The molecule has 102 valence electrons. The van der Waals surface area contributed by atoms with Gasteiger partial charge in [0.2, 0.25) is 0 Å². The number of benzene rings is 1. The van der Waals surface area contributed by atoms with E-state index in [-0.39, 0.29) is 0 Å². The largest absolute Gasteiger partial charge is 0.497 e. The first-order chi connectivity index (χ1) is 9.67. The molecule has 1 aromatic carbocycles. The summed E-state index contributed by atoms with van der Waals surface area (Å²) in [6.07, 6.45) is -0.570. The van der Waals surface area contributed by atoms with Crippen LogP contribution in [0.5, 0.6) is 5.75 Å². The number of nitrogens with one attached hydrogen (secondary N) is 1. The fourth-order valence-electron chi connectivity index (χ4n) is 2.21. The maximum Gasteiger partial charge on any atom is 0.120 e. The van der Waals surface area contributed by atoms with Crippen LogP contribution in [0.3, 0.4) is 0 Å². The Kier molecular flexibility index (Phi) is 3.16. The van der Waals surface area contributed by atoms with Gasteiger partial charge >= 0.3 is 0 Å². The van der Waals surface area contributed by atoms with E-state index in [4.69, 9.17) is 4.74 Å². The van der Waals surface area contributed by atoms with Crippen molar-refractivity contribution in [3.63, 3.8) is 0 Å². The number of aromatic amines is 1. The fraction of sp³-hybridized carbons (Fsp3) is 0.188. The van der Waals surface area contributed by atoms with Gasteiger partial charge in [0, 0.05) is 17.0 Å². The van der Waals surface area contributed by atoms with Crippen molar-refractivity contribution in [2.24, 2.45) is 0 Å². The minimum atomic E-state index is -0.570. The quantitative estimate of drug-likeness (QED) is 0.766. The van der Waals surface area contributed by atoms with Gasteiger partial charge in [-0.05, 0) is 37.3 Å². The van der Waals surface area contributed by atoms with Crippen LogP contribution in [0.2, 0.25) is 0 Å². The molecular formula is C16H16N2O2. The lowest BCUT2D eigenvalue weighted by Crippen LogP contribution is -1.96. The number of aromatic nitrogens is 2. The topological polar surface area (TPSA) is 58.1 Å². The molecule has 1 atom stereocenters. The number of rotatable bonds is 3. The van der Waals surface area contributed by atoms with Gasteiger partial charge in [-0.1, -0.05) is 6.07 Å². The number of aliphatic hydroxyl groups excluding tert-OH is 1. The molecule has 0 saturated carbocycles. The molecule has 2 N–H and O–H groups in total. The van der Waals surface area contributed by atoms with Gasteiger partial charge in [-0.3, -0.25) is 0 Å². The SMILES string of the molecule is COc1ccc2cc(-c3cccc(C(C)O)n3)[nH]c2c1. The molecule has 4 nitrogen and oxygen atoms in total. The average molecular weight is 268 g/mol. The molecule has 0 aliphatic rings. The minimum Gasteiger partial charge on any atom is -0.497 e. The zero-order valence-corrected chi connectivity index (χ0v) is 11.4. The van der Waals surface area contributed by atoms with Gasteiger partial charge in [0.15, 0.2) is 0 Å². The normalized spacial score (nSPS) is 12.6. The summed E-state index contributed by atoms with van der Waals surface area (Å²) in [5.74, 6) is 0.816. The van der Waals surface area contributed by atoms with Gasteiger partial charge in [0.1, 0.15) is 5.75 Å². The van der Waals surface area contributed by atoms with Gasteiger partial charge in [0.25, 0.3) is 0 Å². The van der Waals surface area contributed by atoms with E-state index in [2.05, 4.69) is 9.97 Å². The zero-order valence-electron chi connectivity index (χ0n) is 11.4. The maximum absolute atomic E-state index is 9.61. The van der Waals surface area contributed by atoms with Crippen molar-refractivity contribution in [3.05, 3.63) is 48.2 Å². The first-order valence-electron chi connectivity index (χ1n) is 6.49. The van der Waals surface area contributed by atoms with Crippen LogP contribution < -0.4 is 4.74 Å². The highest BCUT2D eigenvalue weighted by Crippen LogP contribution is 2.26. The minimum absolute atomic E-state index is 0.570. The predicted molar refractivity (Wildman–Crippen MR) is 78.7 cm³/mol. The van der Waals surface area contributed by atoms with Crippen LogP contribution in [-0.2, 0) is 0 Å². The Hall–Kier alpha value is -2.33. The van der Waals surface area contributed by atoms with Crippen molar-refractivity contribution in [2.75, 3.05) is 7.11 Å². The Labute approximate surface area is 117 Å². The lowest BCUT2D eigenvalue weighted by molar-refractivity contribution is 0.194. The highest BCUT2D eigenvalue weighted by molar-refractivity contribution is 5.86. The molecule has 0 radical (unpaired) electrons. The van der Waals surface area contributed by atoms with Crippen molar-refractivity contribution in [2.45, 2.75) is 13.0 Å². The second-order valence-electron chi connectivity index (χ2n) is 4.76. The molecule has 0 spiro atoms. The molecule has 0 aliphatic heterocycles. The molecular weight excluding hydrogens is 252 g/mol. The number of nitrogens with zero attached hydrogens (tertiary/aromatic N) is 1. The standard InChI is InChI=1S/C16H16N2O2/c1-10(19)13-4-3-5-14(17-13)16-8-11-6-7-12(20-2)9-15(11)18-16/h3-10,18-19H,1-2H3. The van der Waals surface area contributed by atoms with Gasteiger partial charge < -0.3 is 14.8 Å². The third kappa shape index (κ3) is 2.26. The van der Waals surface area contributed by atoms with E-state index in [9.17, 15) is 5.11 Å². The highest BCUT2D eigenvalue weighted by atomic mass is 16.5. The summed E-state index contributed by atoms with van der Waals surface area (Å²) in [4.78, 5) is 7.80. The van der Waals surface area contributed by atoms with Crippen molar-refractivity contribution >= 4 is 10.9 Å². The Morgan fingerprint density at radius 1 is 1.20 bits per heavy atom. The van der Waals surface area contributed by atoms with Crippen molar-refractivity contribution in [1.82, 2.24) is 9.97 Å². The highest BCUT2D eigenvalue weighted by Gasteiger charge is 2.08. The number of H-pyrrole nitrogens is 1. The van der Waals surface area contributed by atoms with E-state index < -0.39 is 6.10 Å². The maximum atomic E-state index is 9.61. The van der Waals surface area contributed by atoms with E-state index in [0.29, 0.717) is 5.69 Å². The molecule has 3 rings (SSSR count). The summed E-state index contributed by atoms with van der Waals surface area (Å²) >= 11 is 0. The molecule has 2 heterocycles. The molecule has 20 heavy (non-hydrogen) atoms. The fourth-order valence-corrected chi connectivity index (χ4v) is 2.21. The van der Waals surface area contributed by atoms with E-state index in [0.717, 1.165) is 28.0 Å². The number of hydrogen-bond donors (Lipinski definition) is 2. The number of hydrogen-bond acceptors (Lipinski definition) is 3. The summed E-state index contributed by atoms with van der Waals surface area (Å²) in [6, 6.07) is 13.6. The average Bonchev–Trinajstić information content (AvgIpc) is 2.90. The molecule has 0 aliphatic carbocycles. The Bertz CT molecular complexity index is 747. The summed E-state index contributed by atoms with van der Waals surface area (Å²) < 4.78 is 5.22. The van der Waals surface area contributed by atoms with E-state index in [1.54, 1.807) is 14.0 Å². The monoisotopic (exact) mass is 268 g/mol. The number of ether oxygens (including phenoxy) is 1. The van der Waals surface area contributed by atoms with Crippen LogP contribution in [-0.4, -0.2) is 22.2 Å². The lowest BCUT2D eigenvalue weighted by Gasteiger charge is -2.05. The summed E-state index contributed by atoms with van der Waals surface area (Å²) in [5.41, 5.74) is 3.41. The number of methoxy groups -OCH3 is 1. The second kappa shape index (κ2) is 4.98. The first-order valence-corrected chi connectivity index (χ1v) is 6.49. The van der Waals surface area contributed by atoms with E-state index >= 15 is 0 Å². The number of pyridine rings is 1. The van der Waals surface area contributed by atoms with Crippen LogP contribution in [0.1, 0.15) is 18.7 Å². The summed E-state index contributed by atoms with van der Waals surface area (Å²) in [5, 5.41) is 10.7. The Morgan fingerprint density at radius 3 is 2.80 bits per heavy atom. The molecule has 0 bridgehead atoms. The van der Waals surface area contributed by atoms with Crippen LogP contribution in [0.25, 0.3) is 22.3 Å². The second-order valence-corrected chi connectivity index (χ2v) is 4.76. The summed E-state index contributed by atoms with van der Waals surface area (Å²) in [6.45, 7) is 1.71. The first kappa shape index (κ1) is 12.7. The smallest absolute Gasteiger partial charge is 0.120 e. The Balaban J connectivity index is 2.07. The zero-order chi connectivity index (χ0) is 14.1. The van der Waals surface area contributed by atoms with Crippen LogP contribution >= 0.6 is 0 Å². The van der Waals surface area contributed by atoms with Gasteiger partial charge in [-0.2, -0.15) is 0 Å². The molecule has 4 heteroatoms. The third-order valence-electron chi connectivity index (χ3n) is 3.30. The molecule has 0 amide bonds. The van der Waals surface area contributed by atoms with Crippen molar-refractivity contribution in [1.29, 1.82) is 0 Å². The van der Waals surface area contributed by atoms with Crippen LogP contribution in [0, 0.1) is 0 Å². The molecule has 1 unspecified atom stereocenters. The molecule has 3 aromatic rings. The summed E-state index contributed by atoms with van der Waals surface area (Å²) in [7, 11) is 1.65. The van der Waals surface area contributed by atoms with Crippen LogP contribution in [0.15, 0.2) is 42.5 Å². The van der Waals surface area contributed by atoms with Gasteiger partial charge in [0.05, 0.1) is 30.3 Å². The van der Waals surface area contributed by atoms with E-state index in [1.807, 2.05) is 42.5 Å². The van der Waals surface area contributed by atoms with Gasteiger partial charge in [-0.25, -0.2) is 4.98 Å². The van der Waals surface area contributed by atoms with Crippen molar-refractivity contribution in [3.8, 4) is 17.1 Å². The van der Waals surface area contributed by atoms with E-state index in [1.165, 1.54) is 0 Å². The third-order valence-corrected chi connectivity index (χ3v) is 3.30. The molecule has 0 fully saturated rings. The lowest BCUT2D eigenvalue weighted by atomic mass is 10.2. The molecule has 0 saturated heterocycles. The number of aliphatic hydroxyl groups is 1. The van der Waals surface area contributed by atoms with Crippen LogP contribution in [0.4, 0.5) is 0 Å². The predicted octanol–water partition coefficient (Wildman–Crippen LogP) is 3.29. The molecule has 2 aromatic heterocycles. The Morgan fingerprint density at radius 2 is 2.05 bits per heavy atom. The van der Waals surface area contributed by atoms with Crippen molar-refractivity contribution < 1.29 is 9.84 Å². The number of fused-ring (bicyclic) bond motifs is 1.